The zero-order valence-electron chi connectivity index (χ0n) is 12.1. The molecule has 104 valence electrons. The Morgan fingerprint density at radius 3 is 1.95 bits per heavy atom. The van der Waals surface area contributed by atoms with Crippen molar-refractivity contribution in [2.75, 3.05) is 6.61 Å². The van der Waals surface area contributed by atoms with Crippen LogP contribution in [0.25, 0.3) is 0 Å². The standard InChI is InChI=1S/C18H22OSi/c1-2-3-14-19-20-15-18(16-10-6-4-7-11-16)17-12-8-5-9-13-17/h4-13,18H,2-3,14-15H2,1H3. The lowest BCUT2D eigenvalue weighted by molar-refractivity contribution is 0.325. The van der Waals surface area contributed by atoms with Crippen molar-refractivity contribution in [3.05, 3.63) is 71.8 Å². The second kappa shape index (κ2) is 8.72. The molecule has 0 bridgehead atoms. The number of benzene rings is 2. The Morgan fingerprint density at radius 1 is 0.900 bits per heavy atom. The van der Waals surface area contributed by atoms with E-state index >= 15 is 0 Å². The molecule has 0 atom stereocenters. The first-order chi connectivity index (χ1) is 9.92. The molecular formula is C18H22OSi. The van der Waals surface area contributed by atoms with Gasteiger partial charge in [0.05, 0.1) is 0 Å². The minimum Gasteiger partial charge on any atom is -0.417 e. The van der Waals surface area contributed by atoms with Crippen LogP contribution in [0.4, 0.5) is 0 Å². The maximum absolute atomic E-state index is 5.78. The van der Waals surface area contributed by atoms with Gasteiger partial charge in [-0.1, -0.05) is 74.0 Å². The van der Waals surface area contributed by atoms with Crippen molar-refractivity contribution in [2.24, 2.45) is 0 Å². The maximum Gasteiger partial charge on any atom is 0.230 e. The Balaban J connectivity index is 2.02. The summed E-state index contributed by atoms with van der Waals surface area (Å²) in [7, 11) is 0.573. The minimum atomic E-state index is 0.442. The molecule has 0 spiro atoms. The van der Waals surface area contributed by atoms with Crippen molar-refractivity contribution in [1.82, 2.24) is 0 Å². The average Bonchev–Trinajstić information content (AvgIpc) is 2.53. The second-order valence-corrected chi connectivity index (χ2v) is 5.91. The largest absolute Gasteiger partial charge is 0.417 e. The first kappa shape index (κ1) is 15.0. The molecule has 0 aromatic heterocycles. The summed E-state index contributed by atoms with van der Waals surface area (Å²) >= 11 is 0. The molecule has 20 heavy (non-hydrogen) atoms. The number of hydrogen-bond donors (Lipinski definition) is 0. The quantitative estimate of drug-likeness (QED) is 0.505. The Morgan fingerprint density at radius 2 is 1.45 bits per heavy atom. The van der Waals surface area contributed by atoms with Gasteiger partial charge in [0.25, 0.3) is 0 Å². The molecule has 0 aliphatic heterocycles. The molecular weight excluding hydrogens is 260 g/mol. The van der Waals surface area contributed by atoms with Crippen molar-refractivity contribution in [3.63, 3.8) is 0 Å². The van der Waals surface area contributed by atoms with Crippen LogP contribution in [0, 0.1) is 0 Å². The summed E-state index contributed by atoms with van der Waals surface area (Å²) in [6.07, 6.45) is 2.36. The highest BCUT2D eigenvalue weighted by Gasteiger charge is 2.14. The van der Waals surface area contributed by atoms with Crippen LogP contribution in [0.3, 0.4) is 0 Å². The van der Waals surface area contributed by atoms with E-state index in [1.807, 2.05) is 0 Å². The van der Waals surface area contributed by atoms with Gasteiger partial charge in [-0.25, -0.2) is 0 Å². The van der Waals surface area contributed by atoms with Gasteiger partial charge in [-0.3, -0.25) is 0 Å². The van der Waals surface area contributed by atoms with Crippen molar-refractivity contribution < 1.29 is 4.43 Å². The van der Waals surface area contributed by atoms with Gasteiger partial charge in [-0.05, 0) is 23.6 Å². The predicted molar refractivity (Wildman–Crippen MR) is 86.1 cm³/mol. The van der Waals surface area contributed by atoms with E-state index in [0.29, 0.717) is 15.7 Å². The molecule has 0 N–H and O–H groups in total. The van der Waals surface area contributed by atoms with Gasteiger partial charge in [-0.15, -0.1) is 0 Å². The van der Waals surface area contributed by atoms with E-state index in [0.717, 1.165) is 19.1 Å². The summed E-state index contributed by atoms with van der Waals surface area (Å²) < 4.78 is 5.78. The summed E-state index contributed by atoms with van der Waals surface area (Å²) in [4.78, 5) is 0. The summed E-state index contributed by atoms with van der Waals surface area (Å²) in [5.41, 5.74) is 2.76. The molecule has 0 saturated carbocycles. The maximum atomic E-state index is 5.78. The van der Waals surface area contributed by atoms with Crippen LogP contribution in [0.1, 0.15) is 36.8 Å². The zero-order chi connectivity index (χ0) is 14.0. The summed E-state index contributed by atoms with van der Waals surface area (Å²) in [5.74, 6) is 0.442. The first-order valence-corrected chi connectivity index (χ1v) is 8.48. The molecule has 2 aromatic rings. The monoisotopic (exact) mass is 282 g/mol. The molecule has 0 heterocycles. The van der Waals surface area contributed by atoms with Crippen LogP contribution in [-0.4, -0.2) is 16.4 Å². The molecule has 0 saturated heterocycles. The van der Waals surface area contributed by atoms with Gasteiger partial charge in [0.1, 0.15) is 0 Å². The fourth-order valence-electron chi connectivity index (χ4n) is 2.23. The Kier molecular flexibility index (Phi) is 6.55. The highest BCUT2D eigenvalue weighted by atomic mass is 28.2. The van der Waals surface area contributed by atoms with Crippen molar-refractivity contribution >= 4 is 9.76 Å². The van der Waals surface area contributed by atoms with Crippen LogP contribution in [0.2, 0.25) is 6.04 Å². The molecule has 1 nitrogen and oxygen atoms in total. The van der Waals surface area contributed by atoms with Gasteiger partial charge in [0.15, 0.2) is 0 Å². The van der Waals surface area contributed by atoms with E-state index in [1.165, 1.54) is 17.5 Å². The van der Waals surface area contributed by atoms with E-state index in [-0.39, 0.29) is 0 Å². The number of rotatable bonds is 8. The van der Waals surface area contributed by atoms with E-state index in [1.54, 1.807) is 0 Å². The summed E-state index contributed by atoms with van der Waals surface area (Å²) in [6.45, 7) is 3.09. The smallest absolute Gasteiger partial charge is 0.230 e. The van der Waals surface area contributed by atoms with Gasteiger partial charge in [0.2, 0.25) is 9.76 Å². The molecule has 0 unspecified atom stereocenters. The normalized spacial score (nSPS) is 10.9. The van der Waals surface area contributed by atoms with Crippen LogP contribution in [0.5, 0.6) is 0 Å². The number of hydrogen-bond acceptors (Lipinski definition) is 1. The lowest BCUT2D eigenvalue weighted by Gasteiger charge is -2.17. The van der Waals surface area contributed by atoms with Crippen molar-refractivity contribution in [2.45, 2.75) is 31.7 Å². The highest BCUT2D eigenvalue weighted by Crippen LogP contribution is 2.27. The molecule has 0 fully saturated rings. The second-order valence-electron chi connectivity index (χ2n) is 4.92. The minimum absolute atomic E-state index is 0.442. The van der Waals surface area contributed by atoms with E-state index < -0.39 is 0 Å². The molecule has 0 aliphatic carbocycles. The van der Waals surface area contributed by atoms with E-state index in [9.17, 15) is 0 Å². The SMILES string of the molecule is CCCCO[Si]CC(c1ccccc1)c1ccccc1. The Hall–Kier alpha value is -1.38. The molecule has 0 amide bonds. The summed E-state index contributed by atoms with van der Waals surface area (Å²) in [6, 6.07) is 22.6. The molecule has 2 radical (unpaired) electrons. The Labute approximate surface area is 124 Å². The van der Waals surface area contributed by atoms with Gasteiger partial charge >= 0.3 is 0 Å². The third kappa shape index (κ3) is 4.62. The van der Waals surface area contributed by atoms with Crippen LogP contribution >= 0.6 is 0 Å². The van der Waals surface area contributed by atoms with E-state index in [2.05, 4.69) is 67.6 Å². The van der Waals surface area contributed by atoms with Gasteiger partial charge in [0, 0.05) is 12.5 Å². The predicted octanol–water partition coefficient (Wildman–Crippen LogP) is 4.67. The fourth-order valence-corrected chi connectivity index (χ4v) is 3.27. The lowest BCUT2D eigenvalue weighted by atomic mass is 9.93. The first-order valence-electron chi connectivity index (χ1n) is 7.36. The van der Waals surface area contributed by atoms with E-state index in [4.69, 9.17) is 4.43 Å². The molecule has 2 aromatic carbocycles. The van der Waals surface area contributed by atoms with Crippen LogP contribution in [-0.2, 0) is 4.43 Å². The lowest BCUT2D eigenvalue weighted by Crippen LogP contribution is -2.08. The summed E-state index contributed by atoms with van der Waals surface area (Å²) in [5, 5.41) is 0. The average molecular weight is 282 g/mol. The third-order valence-corrected chi connectivity index (χ3v) is 4.38. The molecule has 0 aliphatic rings. The van der Waals surface area contributed by atoms with Crippen molar-refractivity contribution in [3.8, 4) is 0 Å². The zero-order valence-corrected chi connectivity index (χ0v) is 13.1. The van der Waals surface area contributed by atoms with Gasteiger partial charge < -0.3 is 4.43 Å². The Bertz CT molecular complexity index is 430. The molecule has 2 heteroatoms. The van der Waals surface area contributed by atoms with Gasteiger partial charge in [-0.2, -0.15) is 0 Å². The highest BCUT2D eigenvalue weighted by molar-refractivity contribution is 6.27. The van der Waals surface area contributed by atoms with Crippen LogP contribution in [0.15, 0.2) is 60.7 Å². The third-order valence-electron chi connectivity index (χ3n) is 3.39. The van der Waals surface area contributed by atoms with Crippen LogP contribution < -0.4 is 0 Å². The van der Waals surface area contributed by atoms with Crippen molar-refractivity contribution in [1.29, 1.82) is 0 Å². The fraction of sp³-hybridized carbons (Fsp3) is 0.333. The number of unbranched alkanes of at least 4 members (excludes halogenated alkanes) is 1. The topological polar surface area (TPSA) is 9.23 Å². The molecule has 2 rings (SSSR count).